The molecule has 1 aromatic rings. The first-order valence-corrected chi connectivity index (χ1v) is 4.63. The second-order valence-electron chi connectivity index (χ2n) is 3.38. The van der Waals surface area contributed by atoms with Crippen LogP contribution in [0.1, 0.15) is 25.3 Å². The van der Waals surface area contributed by atoms with Crippen molar-refractivity contribution >= 4 is 5.57 Å². The Morgan fingerprint density at radius 3 is 2.42 bits per heavy atom. The van der Waals surface area contributed by atoms with Crippen LogP contribution >= 0.6 is 0 Å². The number of benzene rings is 1. The minimum absolute atomic E-state index is 0.859. The van der Waals surface area contributed by atoms with E-state index in [-0.39, 0.29) is 0 Å². The van der Waals surface area contributed by atoms with Gasteiger partial charge in [0.15, 0.2) is 0 Å². The van der Waals surface area contributed by atoms with Crippen LogP contribution in [0, 0.1) is 5.92 Å². The molecule has 0 radical (unpaired) electrons. The molecule has 0 heteroatoms. The minimum Gasteiger partial charge on any atom is -0.0836 e. The van der Waals surface area contributed by atoms with Crippen LogP contribution in [0.5, 0.6) is 0 Å². The molecule has 0 saturated heterocycles. The van der Waals surface area contributed by atoms with Crippen LogP contribution in [0.3, 0.4) is 0 Å². The Kier molecular flexibility index (Phi) is 1.99. The largest absolute Gasteiger partial charge is 0.0836 e. The summed E-state index contributed by atoms with van der Waals surface area (Å²) >= 11 is 0. The van der Waals surface area contributed by atoms with E-state index in [0.717, 1.165) is 5.92 Å². The lowest BCUT2D eigenvalue weighted by Gasteiger charge is -2.03. The summed E-state index contributed by atoms with van der Waals surface area (Å²) in [5.41, 5.74) is 2.94. The lowest BCUT2D eigenvalue weighted by molar-refractivity contribution is 1.14. The summed E-state index contributed by atoms with van der Waals surface area (Å²) in [5, 5.41) is 0. The molecule has 1 saturated carbocycles. The summed E-state index contributed by atoms with van der Waals surface area (Å²) in [6, 6.07) is 10.7. The van der Waals surface area contributed by atoms with Crippen LogP contribution in [0.4, 0.5) is 0 Å². The van der Waals surface area contributed by atoms with Gasteiger partial charge in [-0.15, -0.1) is 0 Å². The van der Waals surface area contributed by atoms with Gasteiger partial charge in [-0.3, -0.25) is 0 Å². The lowest BCUT2D eigenvalue weighted by atomic mass is 10.0. The summed E-state index contributed by atoms with van der Waals surface area (Å²) in [4.78, 5) is 0. The zero-order chi connectivity index (χ0) is 8.39. The monoisotopic (exact) mass is 158 g/mol. The zero-order valence-corrected chi connectivity index (χ0v) is 7.46. The summed E-state index contributed by atoms with van der Waals surface area (Å²) in [6.45, 7) is 2.14. The molecule has 0 nitrogen and oxygen atoms in total. The van der Waals surface area contributed by atoms with E-state index in [1.165, 1.54) is 24.0 Å². The topological polar surface area (TPSA) is 0 Å². The van der Waals surface area contributed by atoms with E-state index in [2.05, 4.69) is 43.3 Å². The molecule has 1 aliphatic rings. The molecule has 62 valence electrons. The first-order valence-electron chi connectivity index (χ1n) is 4.63. The van der Waals surface area contributed by atoms with E-state index in [1.54, 1.807) is 0 Å². The highest BCUT2D eigenvalue weighted by Gasteiger charge is 2.25. The van der Waals surface area contributed by atoms with E-state index in [1.807, 2.05) is 0 Å². The van der Waals surface area contributed by atoms with Gasteiger partial charge < -0.3 is 0 Å². The quantitative estimate of drug-likeness (QED) is 0.618. The molecule has 0 heterocycles. The van der Waals surface area contributed by atoms with Gasteiger partial charge in [-0.25, -0.2) is 0 Å². The molecule has 1 fully saturated rings. The van der Waals surface area contributed by atoms with E-state index in [0.29, 0.717) is 0 Å². The fraction of sp³-hybridized carbons (Fsp3) is 0.333. The zero-order valence-electron chi connectivity index (χ0n) is 7.46. The number of allylic oxidation sites excluding steroid dienone is 2. The highest BCUT2D eigenvalue weighted by Crippen LogP contribution is 2.41. The van der Waals surface area contributed by atoms with E-state index < -0.39 is 0 Å². The van der Waals surface area contributed by atoms with Crippen molar-refractivity contribution in [2.75, 3.05) is 0 Å². The van der Waals surface area contributed by atoms with Gasteiger partial charge >= 0.3 is 0 Å². The minimum atomic E-state index is 0.859. The van der Waals surface area contributed by atoms with Crippen molar-refractivity contribution in [1.82, 2.24) is 0 Å². The van der Waals surface area contributed by atoms with Gasteiger partial charge in [-0.2, -0.15) is 0 Å². The highest BCUT2D eigenvalue weighted by molar-refractivity contribution is 5.68. The normalized spacial score (nSPS) is 17.9. The van der Waals surface area contributed by atoms with Gasteiger partial charge in [0, 0.05) is 0 Å². The van der Waals surface area contributed by atoms with Crippen LogP contribution in [0.2, 0.25) is 0 Å². The molecule has 0 bridgehead atoms. The van der Waals surface area contributed by atoms with Crippen molar-refractivity contribution in [1.29, 1.82) is 0 Å². The average Bonchev–Trinajstić information content (AvgIpc) is 2.92. The molecule has 1 aromatic carbocycles. The third-order valence-corrected chi connectivity index (χ3v) is 2.44. The second-order valence-corrected chi connectivity index (χ2v) is 3.38. The van der Waals surface area contributed by atoms with Crippen LogP contribution < -0.4 is 0 Å². The van der Waals surface area contributed by atoms with Crippen molar-refractivity contribution in [3.8, 4) is 0 Å². The van der Waals surface area contributed by atoms with Crippen LogP contribution in [0.25, 0.3) is 5.57 Å². The Morgan fingerprint density at radius 2 is 1.92 bits per heavy atom. The molecule has 0 aliphatic heterocycles. The van der Waals surface area contributed by atoms with Crippen molar-refractivity contribution < 1.29 is 0 Å². The van der Waals surface area contributed by atoms with Crippen molar-refractivity contribution in [2.24, 2.45) is 5.92 Å². The predicted octanol–water partition coefficient (Wildman–Crippen LogP) is 3.50. The fourth-order valence-electron chi connectivity index (χ4n) is 1.66. The van der Waals surface area contributed by atoms with E-state index in [4.69, 9.17) is 0 Å². The maximum Gasteiger partial charge on any atom is -0.0159 e. The fourth-order valence-corrected chi connectivity index (χ4v) is 1.66. The van der Waals surface area contributed by atoms with E-state index >= 15 is 0 Å². The molecule has 0 amide bonds. The predicted molar refractivity (Wildman–Crippen MR) is 52.8 cm³/mol. The SMILES string of the molecule is C/C=C(\c1ccccc1)C1CC1. The average molecular weight is 158 g/mol. The maximum atomic E-state index is 2.26. The van der Waals surface area contributed by atoms with Crippen LogP contribution in [-0.2, 0) is 0 Å². The first-order chi connectivity index (χ1) is 5.92. The Labute approximate surface area is 73.9 Å². The van der Waals surface area contributed by atoms with Crippen LogP contribution in [0.15, 0.2) is 36.4 Å². The van der Waals surface area contributed by atoms with E-state index in [9.17, 15) is 0 Å². The molecule has 0 spiro atoms. The first kappa shape index (κ1) is 7.60. The molecule has 2 rings (SSSR count). The van der Waals surface area contributed by atoms with Crippen molar-refractivity contribution in [2.45, 2.75) is 19.8 Å². The maximum absolute atomic E-state index is 2.26. The number of hydrogen-bond acceptors (Lipinski definition) is 0. The third-order valence-electron chi connectivity index (χ3n) is 2.44. The Hall–Kier alpha value is -1.04. The summed E-state index contributed by atoms with van der Waals surface area (Å²) in [7, 11) is 0. The molecule has 1 aliphatic carbocycles. The Balaban J connectivity index is 2.28. The van der Waals surface area contributed by atoms with Gasteiger partial charge in [0.05, 0.1) is 0 Å². The molecular formula is C12H14. The molecule has 0 N–H and O–H groups in total. The highest BCUT2D eigenvalue weighted by atomic mass is 14.3. The van der Waals surface area contributed by atoms with Crippen molar-refractivity contribution in [3.05, 3.63) is 42.0 Å². The van der Waals surface area contributed by atoms with Gasteiger partial charge in [-0.05, 0) is 36.8 Å². The smallest absolute Gasteiger partial charge is 0.0159 e. The molecule has 0 atom stereocenters. The summed E-state index contributed by atoms with van der Waals surface area (Å²) < 4.78 is 0. The molecule has 12 heavy (non-hydrogen) atoms. The number of rotatable bonds is 2. The van der Waals surface area contributed by atoms with Crippen LogP contribution in [-0.4, -0.2) is 0 Å². The molecule has 0 unspecified atom stereocenters. The van der Waals surface area contributed by atoms with Gasteiger partial charge in [0.25, 0.3) is 0 Å². The summed E-state index contributed by atoms with van der Waals surface area (Å²) in [6.07, 6.45) is 5.02. The molecule has 0 aromatic heterocycles. The lowest BCUT2D eigenvalue weighted by Crippen LogP contribution is -1.84. The van der Waals surface area contributed by atoms with Crippen molar-refractivity contribution in [3.63, 3.8) is 0 Å². The van der Waals surface area contributed by atoms with Gasteiger partial charge in [-0.1, -0.05) is 36.4 Å². The number of hydrogen-bond donors (Lipinski definition) is 0. The Morgan fingerprint density at radius 1 is 1.25 bits per heavy atom. The standard InChI is InChI=1S/C12H14/c1-2-12(11-8-9-11)10-6-4-3-5-7-10/h2-7,11H,8-9H2,1H3/b12-2+. The third kappa shape index (κ3) is 1.42. The van der Waals surface area contributed by atoms with Gasteiger partial charge in [0.2, 0.25) is 0 Å². The molecular weight excluding hydrogens is 144 g/mol. The second kappa shape index (κ2) is 3.14. The van der Waals surface area contributed by atoms with Gasteiger partial charge in [0.1, 0.15) is 0 Å². The Bertz CT molecular complexity index is 278. The summed E-state index contributed by atoms with van der Waals surface area (Å²) in [5.74, 6) is 0.859.